The molecule has 4 heterocycles. The maximum atomic E-state index is 13.7. The standard InChI is InChI=1S/C28H31FN6O5/c1-28(26(36)30-11-4-13-37-2)16-39-25(40-17-28)24-34-22(18-6-8-19(29)9-7-18)23(35-24)21-10-12-31-27(33-21)32-15-20-5-3-14-38-20/h3,5-10,12,14,25H,4,11,13,15-17H2,1-2H3,(H,30,36)(H,34,35)(H,31,32,33). The Kier molecular flexibility index (Phi) is 8.48. The van der Waals surface area contributed by atoms with E-state index < -0.39 is 11.7 Å². The fourth-order valence-corrected chi connectivity index (χ4v) is 4.20. The van der Waals surface area contributed by atoms with Crippen LogP contribution in [0.1, 0.15) is 31.2 Å². The number of aromatic amines is 1. The Balaban J connectivity index is 1.36. The fraction of sp³-hybridized carbons (Fsp3) is 0.357. The van der Waals surface area contributed by atoms with Gasteiger partial charge in [-0.1, -0.05) is 0 Å². The summed E-state index contributed by atoms with van der Waals surface area (Å²) < 4.78 is 36.0. The largest absolute Gasteiger partial charge is 0.467 e. The number of carbonyl (C=O) groups is 1. The first-order valence-electron chi connectivity index (χ1n) is 12.9. The van der Waals surface area contributed by atoms with Crippen LogP contribution in [0.4, 0.5) is 10.3 Å². The van der Waals surface area contributed by atoms with Gasteiger partial charge in [0, 0.05) is 32.0 Å². The third kappa shape index (κ3) is 6.36. The van der Waals surface area contributed by atoms with E-state index in [1.165, 1.54) is 12.1 Å². The highest BCUT2D eigenvalue weighted by Gasteiger charge is 2.40. The summed E-state index contributed by atoms with van der Waals surface area (Å²) in [5.74, 6) is 1.04. The summed E-state index contributed by atoms with van der Waals surface area (Å²) >= 11 is 0. The van der Waals surface area contributed by atoms with Gasteiger partial charge in [-0.3, -0.25) is 4.79 Å². The van der Waals surface area contributed by atoms with Gasteiger partial charge in [-0.25, -0.2) is 19.3 Å². The number of amides is 1. The van der Waals surface area contributed by atoms with Crippen molar-refractivity contribution >= 4 is 11.9 Å². The van der Waals surface area contributed by atoms with E-state index in [0.717, 1.165) is 5.76 Å². The van der Waals surface area contributed by atoms with Crippen molar-refractivity contribution in [3.05, 3.63) is 72.3 Å². The molecule has 3 aromatic heterocycles. The molecule has 40 heavy (non-hydrogen) atoms. The van der Waals surface area contributed by atoms with Gasteiger partial charge in [-0.05, 0) is 55.8 Å². The molecule has 1 fully saturated rings. The number of anilines is 1. The zero-order chi connectivity index (χ0) is 28.0. The smallest absolute Gasteiger partial charge is 0.230 e. The molecule has 3 N–H and O–H groups in total. The highest BCUT2D eigenvalue weighted by atomic mass is 19.1. The number of carbonyl (C=O) groups excluding carboxylic acids is 1. The lowest BCUT2D eigenvalue weighted by Crippen LogP contribution is -2.48. The second-order valence-corrected chi connectivity index (χ2v) is 9.67. The van der Waals surface area contributed by atoms with Crippen molar-refractivity contribution in [3.63, 3.8) is 0 Å². The van der Waals surface area contributed by atoms with E-state index in [1.54, 1.807) is 44.7 Å². The number of nitrogens with one attached hydrogen (secondary N) is 3. The minimum Gasteiger partial charge on any atom is -0.467 e. The molecule has 0 aliphatic carbocycles. The Morgan fingerprint density at radius 1 is 1.18 bits per heavy atom. The van der Waals surface area contributed by atoms with Gasteiger partial charge in [0.1, 0.15) is 11.6 Å². The molecule has 12 heteroatoms. The van der Waals surface area contributed by atoms with Gasteiger partial charge in [0.15, 0.2) is 5.82 Å². The Morgan fingerprint density at radius 2 is 1.98 bits per heavy atom. The molecule has 1 aliphatic rings. The van der Waals surface area contributed by atoms with Crippen molar-refractivity contribution < 1.29 is 27.8 Å². The van der Waals surface area contributed by atoms with E-state index >= 15 is 0 Å². The lowest BCUT2D eigenvalue weighted by molar-refractivity contribution is -0.231. The molecule has 0 spiro atoms. The summed E-state index contributed by atoms with van der Waals surface area (Å²) in [5, 5.41) is 6.05. The molecule has 1 amide bonds. The quantitative estimate of drug-likeness (QED) is 0.236. The molecule has 11 nitrogen and oxygen atoms in total. The highest BCUT2D eigenvalue weighted by Crippen LogP contribution is 2.35. The number of furan rings is 1. The second-order valence-electron chi connectivity index (χ2n) is 9.67. The van der Waals surface area contributed by atoms with Crippen molar-refractivity contribution in [1.82, 2.24) is 25.3 Å². The van der Waals surface area contributed by atoms with E-state index in [2.05, 4.69) is 25.6 Å². The molecule has 4 aromatic rings. The zero-order valence-corrected chi connectivity index (χ0v) is 22.3. The van der Waals surface area contributed by atoms with Crippen molar-refractivity contribution in [2.45, 2.75) is 26.2 Å². The number of benzene rings is 1. The van der Waals surface area contributed by atoms with Gasteiger partial charge in [-0.2, -0.15) is 0 Å². The minimum absolute atomic E-state index is 0.143. The van der Waals surface area contributed by atoms with Crippen molar-refractivity contribution in [1.29, 1.82) is 0 Å². The number of hydrogen-bond acceptors (Lipinski definition) is 9. The molecule has 0 bridgehead atoms. The van der Waals surface area contributed by atoms with Gasteiger partial charge in [-0.15, -0.1) is 0 Å². The number of hydrogen-bond donors (Lipinski definition) is 3. The summed E-state index contributed by atoms with van der Waals surface area (Å²) in [4.78, 5) is 29.7. The Morgan fingerprint density at radius 3 is 2.70 bits per heavy atom. The SMILES string of the molecule is COCCCNC(=O)C1(C)COC(c2nc(-c3ccc(F)cc3)c(-c3ccnc(NCc4ccco4)n3)[nH]2)OC1. The van der Waals surface area contributed by atoms with Crippen LogP contribution >= 0.6 is 0 Å². The summed E-state index contributed by atoms with van der Waals surface area (Å²) in [7, 11) is 1.62. The second kappa shape index (κ2) is 12.4. The van der Waals surface area contributed by atoms with Gasteiger partial charge < -0.3 is 34.2 Å². The van der Waals surface area contributed by atoms with Crippen LogP contribution in [0, 0.1) is 11.2 Å². The highest BCUT2D eigenvalue weighted by molar-refractivity contribution is 5.82. The lowest BCUT2D eigenvalue weighted by atomic mass is 9.91. The molecule has 0 saturated carbocycles. The van der Waals surface area contributed by atoms with Crippen LogP contribution in [0.3, 0.4) is 0 Å². The third-order valence-electron chi connectivity index (χ3n) is 6.44. The number of halogens is 1. The molecule has 1 aromatic carbocycles. The molecule has 0 radical (unpaired) electrons. The van der Waals surface area contributed by atoms with Crippen LogP contribution in [0.5, 0.6) is 0 Å². The molecule has 0 atom stereocenters. The van der Waals surface area contributed by atoms with Gasteiger partial charge >= 0.3 is 0 Å². The van der Waals surface area contributed by atoms with E-state index in [9.17, 15) is 9.18 Å². The molecule has 1 saturated heterocycles. The summed E-state index contributed by atoms with van der Waals surface area (Å²) in [6.07, 6.45) is 3.11. The maximum absolute atomic E-state index is 13.7. The first-order valence-corrected chi connectivity index (χ1v) is 12.9. The average molecular weight is 551 g/mol. The zero-order valence-electron chi connectivity index (χ0n) is 22.3. The topological polar surface area (TPSA) is 136 Å². The van der Waals surface area contributed by atoms with E-state index in [-0.39, 0.29) is 24.9 Å². The Labute approximate surface area is 230 Å². The summed E-state index contributed by atoms with van der Waals surface area (Å²) in [6.45, 7) is 3.57. The van der Waals surface area contributed by atoms with Gasteiger partial charge in [0.2, 0.25) is 18.1 Å². The molecule has 0 unspecified atom stereocenters. The molecule has 5 rings (SSSR count). The van der Waals surface area contributed by atoms with Gasteiger partial charge in [0.25, 0.3) is 0 Å². The third-order valence-corrected chi connectivity index (χ3v) is 6.44. The fourth-order valence-electron chi connectivity index (χ4n) is 4.20. The summed E-state index contributed by atoms with van der Waals surface area (Å²) in [5.41, 5.74) is 1.52. The number of H-pyrrole nitrogens is 1. The number of aromatic nitrogens is 4. The molecule has 210 valence electrons. The first-order chi connectivity index (χ1) is 19.4. The molecular formula is C28H31FN6O5. The van der Waals surface area contributed by atoms with Crippen molar-refractivity contribution in [3.8, 4) is 22.6 Å². The average Bonchev–Trinajstić information content (AvgIpc) is 3.66. The predicted molar refractivity (Wildman–Crippen MR) is 143 cm³/mol. The van der Waals surface area contributed by atoms with E-state index in [0.29, 0.717) is 60.5 Å². The number of nitrogens with zero attached hydrogens (tertiary/aromatic N) is 3. The lowest BCUT2D eigenvalue weighted by Gasteiger charge is -2.35. The molecular weight excluding hydrogens is 519 g/mol. The number of imidazole rings is 1. The van der Waals surface area contributed by atoms with Crippen LogP contribution < -0.4 is 10.6 Å². The van der Waals surface area contributed by atoms with Crippen LogP contribution in [0.25, 0.3) is 22.6 Å². The van der Waals surface area contributed by atoms with E-state index in [4.69, 9.17) is 23.6 Å². The Hall–Kier alpha value is -4.13. The monoisotopic (exact) mass is 550 g/mol. The van der Waals surface area contributed by atoms with Gasteiger partial charge in [0.05, 0.1) is 48.5 Å². The minimum atomic E-state index is -0.847. The maximum Gasteiger partial charge on any atom is 0.230 e. The number of rotatable bonds is 11. The van der Waals surface area contributed by atoms with Crippen LogP contribution in [-0.2, 0) is 25.5 Å². The summed E-state index contributed by atoms with van der Waals surface area (Å²) in [6, 6.07) is 11.4. The number of ether oxygens (including phenoxy) is 3. The first kappa shape index (κ1) is 27.4. The van der Waals surface area contributed by atoms with Crippen LogP contribution in [-0.4, -0.2) is 59.3 Å². The van der Waals surface area contributed by atoms with Crippen LogP contribution in [0.15, 0.2) is 59.3 Å². The van der Waals surface area contributed by atoms with E-state index in [1.807, 2.05) is 12.1 Å². The predicted octanol–water partition coefficient (Wildman–Crippen LogP) is 4.08. The van der Waals surface area contributed by atoms with Crippen LogP contribution in [0.2, 0.25) is 0 Å². The van der Waals surface area contributed by atoms with Crippen molar-refractivity contribution in [2.24, 2.45) is 5.41 Å². The van der Waals surface area contributed by atoms with Crippen molar-refractivity contribution in [2.75, 3.05) is 38.8 Å². The molecule has 1 aliphatic heterocycles. The normalized spacial score (nSPS) is 18.9. The number of methoxy groups -OCH3 is 1. The Bertz CT molecular complexity index is 1400.